The standard InChI is InChI=1S/C20H24F3N7/c1-19(2,3)16-11-14-17(24-8-10-30(14)27-16)29-9-6-13(12-29)28(4)18-25-7-5-15(26-18)20(21,22)23/h5,7-8,10-11,13H,6,9,12H2,1-4H3. The molecule has 0 bridgehead atoms. The quantitative estimate of drug-likeness (QED) is 0.647. The number of hydrogen-bond donors (Lipinski definition) is 0. The Bertz CT molecular complexity index is 1050. The van der Waals surface area contributed by atoms with E-state index in [0.29, 0.717) is 6.54 Å². The summed E-state index contributed by atoms with van der Waals surface area (Å²) in [4.78, 5) is 16.2. The fraction of sp³-hybridized carbons (Fsp3) is 0.500. The van der Waals surface area contributed by atoms with Crippen LogP contribution in [-0.4, -0.2) is 50.7 Å². The number of aromatic nitrogens is 5. The second-order valence-corrected chi connectivity index (χ2v) is 8.60. The maximum absolute atomic E-state index is 13.0. The fourth-order valence-corrected chi connectivity index (χ4v) is 3.61. The Labute approximate surface area is 172 Å². The average Bonchev–Trinajstić information content (AvgIpc) is 3.33. The van der Waals surface area contributed by atoms with Gasteiger partial charge in [-0.3, -0.25) is 0 Å². The van der Waals surface area contributed by atoms with Gasteiger partial charge in [0.1, 0.15) is 11.2 Å². The fourth-order valence-electron chi connectivity index (χ4n) is 3.61. The number of rotatable bonds is 3. The first-order valence-corrected chi connectivity index (χ1v) is 9.77. The van der Waals surface area contributed by atoms with E-state index in [0.717, 1.165) is 42.3 Å². The first-order valence-electron chi connectivity index (χ1n) is 9.77. The highest BCUT2D eigenvalue weighted by Crippen LogP contribution is 2.31. The molecule has 4 rings (SSSR count). The van der Waals surface area contributed by atoms with Gasteiger partial charge in [0.25, 0.3) is 0 Å². The molecule has 0 aliphatic carbocycles. The Morgan fingerprint density at radius 2 is 1.87 bits per heavy atom. The summed E-state index contributed by atoms with van der Waals surface area (Å²) in [6.45, 7) is 7.67. The lowest BCUT2D eigenvalue weighted by Crippen LogP contribution is -2.36. The maximum atomic E-state index is 13.0. The van der Waals surface area contributed by atoms with Crippen LogP contribution in [0.5, 0.6) is 0 Å². The molecule has 1 fully saturated rings. The minimum absolute atomic E-state index is 0.0273. The molecule has 0 saturated carbocycles. The SMILES string of the molecule is CN(c1nccc(C(F)(F)F)n1)C1CCN(c2nccn3nc(C(C)(C)C)cc23)C1. The van der Waals surface area contributed by atoms with Crippen LogP contribution in [0, 0.1) is 0 Å². The molecule has 1 aliphatic rings. The second kappa shape index (κ2) is 7.10. The van der Waals surface area contributed by atoms with Gasteiger partial charge in [-0.1, -0.05) is 20.8 Å². The highest BCUT2D eigenvalue weighted by Gasteiger charge is 2.34. The Hall–Kier alpha value is -2.91. The molecule has 7 nitrogen and oxygen atoms in total. The molecular formula is C20H24F3N7. The van der Waals surface area contributed by atoms with E-state index in [2.05, 4.69) is 51.8 Å². The summed E-state index contributed by atoms with van der Waals surface area (Å²) in [5, 5.41) is 4.66. The average molecular weight is 419 g/mol. The molecule has 1 unspecified atom stereocenters. The van der Waals surface area contributed by atoms with Crippen molar-refractivity contribution < 1.29 is 13.2 Å². The highest BCUT2D eigenvalue weighted by molar-refractivity contribution is 5.70. The molecule has 3 aromatic heterocycles. The number of halogens is 3. The lowest BCUT2D eigenvalue weighted by molar-refractivity contribution is -0.141. The van der Waals surface area contributed by atoms with Gasteiger partial charge >= 0.3 is 6.18 Å². The lowest BCUT2D eigenvalue weighted by Gasteiger charge is -2.25. The van der Waals surface area contributed by atoms with Crippen LogP contribution in [0.4, 0.5) is 24.9 Å². The largest absolute Gasteiger partial charge is 0.433 e. The molecule has 0 amide bonds. The predicted octanol–water partition coefficient (Wildman–Crippen LogP) is 3.55. The van der Waals surface area contributed by atoms with Crippen LogP contribution >= 0.6 is 0 Å². The third kappa shape index (κ3) is 3.78. The number of fused-ring (bicyclic) bond motifs is 1. The molecule has 0 spiro atoms. The first kappa shape index (κ1) is 20.4. The van der Waals surface area contributed by atoms with Gasteiger partial charge in [-0.05, 0) is 18.6 Å². The highest BCUT2D eigenvalue weighted by atomic mass is 19.4. The van der Waals surface area contributed by atoms with Crippen molar-refractivity contribution in [2.45, 2.75) is 44.8 Å². The zero-order chi connectivity index (χ0) is 21.7. The van der Waals surface area contributed by atoms with Crippen molar-refractivity contribution in [2.75, 3.05) is 29.9 Å². The number of likely N-dealkylation sites (N-methyl/N-ethyl adjacent to an activating group) is 1. The van der Waals surface area contributed by atoms with Crippen LogP contribution < -0.4 is 9.80 Å². The van der Waals surface area contributed by atoms with Crippen LogP contribution in [0.25, 0.3) is 5.52 Å². The Balaban J connectivity index is 1.57. The number of hydrogen-bond acceptors (Lipinski definition) is 6. The van der Waals surface area contributed by atoms with Crippen molar-refractivity contribution in [1.29, 1.82) is 0 Å². The van der Waals surface area contributed by atoms with Gasteiger partial charge in [0.05, 0.1) is 11.7 Å². The maximum Gasteiger partial charge on any atom is 0.433 e. The Morgan fingerprint density at radius 3 is 2.57 bits per heavy atom. The molecule has 0 N–H and O–H groups in total. The summed E-state index contributed by atoms with van der Waals surface area (Å²) in [7, 11) is 1.73. The molecule has 0 aromatic carbocycles. The zero-order valence-corrected chi connectivity index (χ0v) is 17.3. The van der Waals surface area contributed by atoms with Gasteiger partial charge in [0.2, 0.25) is 5.95 Å². The molecule has 30 heavy (non-hydrogen) atoms. The van der Waals surface area contributed by atoms with Gasteiger partial charge in [-0.25, -0.2) is 19.5 Å². The van der Waals surface area contributed by atoms with E-state index >= 15 is 0 Å². The van der Waals surface area contributed by atoms with Crippen molar-refractivity contribution in [1.82, 2.24) is 24.6 Å². The van der Waals surface area contributed by atoms with Crippen LogP contribution in [0.2, 0.25) is 0 Å². The molecule has 3 aromatic rings. The second-order valence-electron chi connectivity index (χ2n) is 8.60. The Morgan fingerprint density at radius 1 is 1.10 bits per heavy atom. The van der Waals surface area contributed by atoms with E-state index in [-0.39, 0.29) is 17.4 Å². The number of alkyl halides is 3. The van der Waals surface area contributed by atoms with Crippen LogP contribution in [0.3, 0.4) is 0 Å². The zero-order valence-electron chi connectivity index (χ0n) is 17.3. The summed E-state index contributed by atoms with van der Waals surface area (Å²) >= 11 is 0. The third-order valence-corrected chi connectivity index (χ3v) is 5.40. The molecule has 1 aliphatic heterocycles. The first-order chi connectivity index (χ1) is 14.0. The summed E-state index contributed by atoms with van der Waals surface area (Å²) in [6, 6.07) is 2.91. The van der Waals surface area contributed by atoms with E-state index in [1.807, 2.05) is 10.7 Å². The monoisotopic (exact) mass is 419 g/mol. The summed E-state index contributed by atoms with van der Waals surface area (Å²) in [5.74, 6) is 0.892. The normalized spacial score (nSPS) is 17.7. The lowest BCUT2D eigenvalue weighted by atomic mass is 9.92. The van der Waals surface area contributed by atoms with Crippen molar-refractivity contribution in [2.24, 2.45) is 0 Å². The topological polar surface area (TPSA) is 62.5 Å². The van der Waals surface area contributed by atoms with Gasteiger partial charge in [0.15, 0.2) is 5.82 Å². The van der Waals surface area contributed by atoms with Crippen molar-refractivity contribution in [3.63, 3.8) is 0 Å². The van der Waals surface area contributed by atoms with Crippen molar-refractivity contribution in [3.05, 3.63) is 42.1 Å². The summed E-state index contributed by atoms with van der Waals surface area (Å²) < 4.78 is 40.8. The minimum atomic E-state index is -4.49. The summed E-state index contributed by atoms with van der Waals surface area (Å²) in [5.41, 5.74) is 0.871. The minimum Gasteiger partial charge on any atom is -0.353 e. The summed E-state index contributed by atoms with van der Waals surface area (Å²) in [6.07, 6.45) is 0.960. The van der Waals surface area contributed by atoms with E-state index in [1.54, 1.807) is 18.1 Å². The van der Waals surface area contributed by atoms with E-state index in [1.165, 1.54) is 0 Å². The third-order valence-electron chi connectivity index (χ3n) is 5.40. The number of anilines is 2. The number of nitrogens with zero attached hydrogens (tertiary/aromatic N) is 7. The van der Waals surface area contributed by atoms with Crippen LogP contribution in [0.15, 0.2) is 30.7 Å². The molecule has 160 valence electrons. The van der Waals surface area contributed by atoms with Crippen molar-refractivity contribution >= 4 is 17.3 Å². The molecule has 0 radical (unpaired) electrons. The van der Waals surface area contributed by atoms with Gasteiger partial charge < -0.3 is 9.80 Å². The van der Waals surface area contributed by atoms with E-state index < -0.39 is 11.9 Å². The molecule has 1 atom stereocenters. The van der Waals surface area contributed by atoms with Gasteiger partial charge in [-0.2, -0.15) is 18.3 Å². The van der Waals surface area contributed by atoms with E-state index in [9.17, 15) is 13.2 Å². The smallest absolute Gasteiger partial charge is 0.353 e. The molecule has 1 saturated heterocycles. The van der Waals surface area contributed by atoms with Crippen molar-refractivity contribution in [3.8, 4) is 0 Å². The van der Waals surface area contributed by atoms with Crippen LogP contribution in [0.1, 0.15) is 38.6 Å². The Kier molecular flexibility index (Phi) is 4.82. The molecule has 10 heteroatoms. The molecular weight excluding hydrogens is 395 g/mol. The predicted molar refractivity (Wildman–Crippen MR) is 108 cm³/mol. The van der Waals surface area contributed by atoms with Crippen LogP contribution in [-0.2, 0) is 11.6 Å². The van der Waals surface area contributed by atoms with E-state index in [4.69, 9.17) is 0 Å². The molecule has 4 heterocycles. The van der Waals surface area contributed by atoms with Gasteiger partial charge in [0, 0.05) is 44.1 Å². The van der Waals surface area contributed by atoms with Gasteiger partial charge in [-0.15, -0.1) is 0 Å².